The molecule has 0 atom stereocenters. The maximum atomic E-state index is 12.5. The number of halogens is 4. The van der Waals surface area contributed by atoms with Gasteiger partial charge < -0.3 is 9.47 Å². The third-order valence-corrected chi connectivity index (χ3v) is 2.86. The predicted octanol–water partition coefficient (Wildman–Crippen LogP) is 3.43. The van der Waals surface area contributed by atoms with Crippen LogP contribution in [0.3, 0.4) is 0 Å². The predicted molar refractivity (Wildman–Crippen MR) is 70.7 cm³/mol. The minimum Gasteiger partial charge on any atom is -0.462 e. The van der Waals surface area contributed by atoms with Crippen molar-refractivity contribution in [2.75, 3.05) is 6.61 Å². The van der Waals surface area contributed by atoms with E-state index in [-0.39, 0.29) is 24.4 Å². The fourth-order valence-corrected chi connectivity index (χ4v) is 1.77. The maximum Gasteiger partial charge on any atom is 0.340 e. The summed E-state index contributed by atoms with van der Waals surface area (Å²) in [6.07, 6.45) is -5.09. The summed E-state index contributed by atoms with van der Waals surface area (Å²) in [5, 5.41) is 0. The molecule has 0 spiro atoms. The number of hydrogen-bond donors (Lipinski definition) is 0. The first-order valence-corrected chi connectivity index (χ1v) is 6.98. The third-order valence-electron chi connectivity index (χ3n) is 2.86. The SMILES string of the molecule is CC(C)C(OC(=O)CCC(=O)OCC(F)(F)C(F)F)C(C)C. The molecule has 4 nitrogen and oxygen atoms in total. The Hall–Kier alpha value is -1.34. The highest BCUT2D eigenvalue weighted by Gasteiger charge is 2.42. The molecule has 0 heterocycles. The van der Waals surface area contributed by atoms with Gasteiger partial charge >= 0.3 is 24.3 Å². The molecule has 0 aliphatic heterocycles. The van der Waals surface area contributed by atoms with Crippen molar-refractivity contribution in [2.45, 2.75) is 59.0 Å². The second-order valence-corrected chi connectivity index (χ2v) is 5.66. The summed E-state index contributed by atoms with van der Waals surface area (Å²) in [6, 6.07) is 0. The van der Waals surface area contributed by atoms with Crippen molar-refractivity contribution in [3.05, 3.63) is 0 Å². The van der Waals surface area contributed by atoms with Gasteiger partial charge in [0.05, 0.1) is 12.8 Å². The van der Waals surface area contributed by atoms with Crippen molar-refractivity contribution in [3.63, 3.8) is 0 Å². The van der Waals surface area contributed by atoms with Gasteiger partial charge in [0, 0.05) is 0 Å². The second-order valence-electron chi connectivity index (χ2n) is 5.66. The first-order chi connectivity index (χ1) is 9.97. The summed E-state index contributed by atoms with van der Waals surface area (Å²) in [5.41, 5.74) is 0. The van der Waals surface area contributed by atoms with Gasteiger partial charge in [0.15, 0.2) is 6.61 Å². The minimum absolute atomic E-state index is 0.0839. The first-order valence-electron chi connectivity index (χ1n) is 6.98. The zero-order valence-electron chi connectivity index (χ0n) is 13.1. The zero-order chi connectivity index (χ0) is 17.5. The van der Waals surface area contributed by atoms with Crippen LogP contribution in [0.1, 0.15) is 40.5 Å². The monoisotopic (exact) mass is 330 g/mol. The number of alkyl halides is 4. The lowest BCUT2D eigenvalue weighted by Crippen LogP contribution is -2.33. The van der Waals surface area contributed by atoms with E-state index in [9.17, 15) is 27.2 Å². The van der Waals surface area contributed by atoms with E-state index in [4.69, 9.17) is 4.74 Å². The Morgan fingerprint density at radius 1 is 0.955 bits per heavy atom. The molecular weight excluding hydrogens is 308 g/mol. The van der Waals surface area contributed by atoms with Crippen LogP contribution in [-0.4, -0.2) is 37.0 Å². The Balaban J connectivity index is 4.17. The van der Waals surface area contributed by atoms with Gasteiger partial charge in [0.1, 0.15) is 6.10 Å². The molecule has 0 unspecified atom stereocenters. The number of rotatable bonds is 9. The smallest absolute Gasteiger partial charge is 0.340 e. The molecule has 0 rings (SSSR count). The van der Waals surface area contributed by atoms with E-state index in [1.54, 1.807) is 0 Å². The molecule has 22 heavy (non-hydrogen) atoms. The Bertz CT molecular complexity index is 362. The van der Waals surface area contributed by atoms with Gasteiger partial charge in [-0.25, -0.2) is 8.78 Å². The molecule has 0 aromatic carbocycles. The Labute approximate surface area is 127 Å². The number of carbonyl (C=O) groups excluding carboxylic acids is 2. The van der Waals surface area contributed by atoms with Crippen LogP contribution in [0.2, 0.25) is 0 Å². The van der Waals surface area contributed by atoms with Crippen LogP contribution in [0, 0.1) is 11.8 Å². The van der Waals surface area contributed by atoms with E-state index < -0.39 is 37.3 Å². The zero-order valence-corrected chi connectivity index (χ0v) is 13.1. The quantitative estimate of drug-likeness (QED) is 0.480. The van der Waals surface area contributed by atoms with Crippen LogP contribution in [0.4, 0.5) is 17.6 Å². The summed E-state index contributed by atoms with van der Waals surface area (Å²) >= 11 is 0. The summed E-state index contributed by atoms with van der Waals surface area (Å²) in [5.74, 6) is -6.04. The number of hydrogen-bond acceptors (Lipinski definition) is 4. The van der Waals surface area contributed by atoms with Crippen molar-refractivity contribution in [1.82, 2.24) is 0 Å². The fraction of sp³-hybridized carbons (Fsp3) is 0.857. The lowest BCUT2D eigenvalue weighted by Gasteiger charge is -2.24. The van der Waals surface area contributed by atoms with Crippen molar-refractivity contribution in [2.24, 2.45) is 11.8 Å². The highest BCUT2D eigenvalue weighted by atomic mass is 19.3. The minimum atomic E-state index is -4.39. The molecule has 8 heteroatoms. The van der Waals surface area contributed by atoms with Gasteiger partial charge in [0.25, 0.3) is 0 Å². The summed E-state index contributed by atoms with van der Waals surface area (Å²) in [6.45, 7) is 5.79. The van der Waals surface area contributed by atoms with Gasteiger partial charge in [-0.3, -0.25) is 9.59 Å². The molecule has 0 aromatic heterocycles. The molecule has 0 bridgehead atoms. The van der Waals surface area contributed by atoms with E-state index >= 15 is 0 Å². The molecule has 0 fully saturated rings. The van der Waals surface area contributed by atoms with Crippen LogP contribution < -0.4 is 0 Å². The van der Waals surface area contributed by atoms with E-state index in [2.05, 4.69) is 4.74 Å². The molecule has 0 aliphatic carbocycles. The Morgan fingerprint density at radius 2 is 1.41 bits per heavy atom. The molecule has 0 aromatic rings. The Morgan fingerprint density at radius 3 is 1.82 bits per heavy atom. The molecular formula is C14H22F4O4. The number of carbonyl (C=O) groups is 2. The highest BCUT2D eigenvalue weighted by Crippen LogP contribution is 2.23. The topological polar surface area (TPSA) is 52.6 Å². The lowest BCUT2D eigenvalue weighted by atomic mass is 9.96. The van der Waals surface area contributed by atoms with E-state index in [1.165, 1.54) is 0 Å². The van der Waals surface area contributed by atoms with Crippen molar-refractivity contribution in [3.8, 4) is 0 Å². The molecule has 0 amide bonds. The van der Waals surface area contributed by atoms with Crippen LogP contribution in [0.15, 0.2) is 0 Å². The molecule has 0 N–H and O–H groups in total. The maximum absolute atomic E-state index is 12.5. The fourth-order valence-electron chi connectivity index (χ4n) is 1.77. The molecule has 0 radical (unpaired) electrons. The number of ether oxygens (including phenoxy) is 2. The largest absolute Gasteiger partial charge is 0.462 e. The first kappa shape index (κ1) is 20.7. The van der Waals surface area contributed by atoms with Crippen LogP contribution in [0.5, 0.6) is 0 Å². The second kappa shape index (κ2) is 8.95. The summed E-state index contributed by atoms with van der Waals surface area (Å²) < 4.78 is 58.0. The summed E-state index contributed by atoms with van der Waals surface area (Å²) in [4.78, 5) is 22.7. The molecule has 0 saturated heterocycles. The van der Waals surface area contributed by atoms with Crippen LogP contribution in [0.25, 0.3) is 0 Å². The van der Waals surface area contributed by atoms with Crippen molar-refractivity contribution < 1.29 is 36.6 Å². The van der Waals surface area contributed by atoms with Crippen molar-refractivity contribution >= 4 is 11.9 Å². The van der Waals surface area contributed by atoms with Gasteiger partial charge in [-0.05, 0) is 11.8 Å². The third kappa shape index (κ3) is 7.61. The highest BCUT2D eigenvalue weighted by molar-refractivity contribution is 5.77. The molecule has 130 valence electrons. The lowest BCUT2D eigenvalue weighted by molar-refractivity contribution is -0.180. The van der Waals surface area contributed by atoms with Crippen molar-refractivity contribution in [1.29, 1.82) is 0 Å². The average molecular weight is 330 g/mol. The normalized spacial score (nSPS) is 12.4. The van der Waals surface area contributed by atoms with E-state index in [0.29, 0.717) is 0 Å². The van der Waals surface area contributed by atoms with Gasteiger partial charge in [0.2, 0.25) is 0 Å². The molecule has 0 aliphatic rings. The average Bonchev–Trinajstić information content (AvgIpc) is 2.39. The van der Waals surface area contributed by atoms with Crippen LogP contribution >= 0.6 is 0 Å². The van der Waals surface area contributed by atoms with E-state index in [0.717, 1.165) is 0 Å². The van der Waals surface area contributed by atoms with E-state index in [1.807, 2.05) is 27.7 Å². The van der Waals surface area contributed by atoms with Crippen LogP contribution in [-0.2, 0) is 19.1 Å². The van der Waals surface area contributed by atoms with Gasteiger partial charge in [-0.15, -0.1) is 0 Å². The van der Waals surface area contributed by atoms with Gasteiger partial charge in [-0.2, -0.15) is 8.78 Å². The number of esters is 2. The molecule has 0 saturated carbocycles. The summed E-state index contributed by atoms with van der Waals surface area (Å²) in [7, 11) is 0. The Kier molecular flexibility index (Phi) is 8.40. The standard InChI is InChI=1S/C14H22F4O4/c1-8(2)12(9(3)4)22-11(20)6-5-10(19)21-7-14(17,18)13(15)16/h8-9,12-13H,5-7H2,1-4H3. The van der Waals surface area contributed by atoms with Gasteiger partial charge in [-0.1, -0.05) is 27.7 Å².